The van der Waals surface area contributed by atoms with E-state index in [2.05, 4.69) is 19.2 Å². The third kappa shape index (κ3) is 2.20. The van der Waals surface area contributed by atoms with Crippen molar-refractivity contribution in [1.29, 1.82) is 0 Å². The van der Waals surface area contributed by atoms with Crippen LogP contribution in [0.25, 0.3) is 0 Å². The molecule has 2 rings (SSSR count). The van der Waals surface area contributed by atoms with Crippen molar-refractivity contribution in [2.75, 3.05) is 14.2 Å². The summed E-state index contributed by atoms with van der Waals surface area (Å²) in [4.78, 5) is 13.9. The minimum atomic E-state index is -0.0953. The lowest BCUT2D eigenvalue weighted by Gasteiger charge is -2.19. The van der Waals surface area contributed by atoms with Crippen molar-refractivity contribution in [2.45, 2.75) is 26.1 Å². The summed E-state index contributed by atoms with van der Waals surface area (Å²) in [5.74, 6) is 1.28. The number of carbonyl (C=O) groups is 1. The Balaban J connectivity index is 2.20. The van der Waals surface area contributed by atoms with Gasteiger partial charge in [0.05, 0.1) is 13.2 Å². The smallest absolute Gasteiger partial charge is 0.241 e. The van der Waals surface area contributed by atoms with Crippen molar-refractivity contribution in [1.82, 2.24) is 10.2 Å². The maximum Gasteiger partial charge on any atom is 0.241 e. The van der Waals surface area contributed by atoms with Crippen molar-refractivity contribution in [3.8, 4) is 5.75 Å². The van der Waals surface area contributed by atoms with Gasteiger partial charge in [-0.1, -0.05) is 26.0 Å². The Bertz CT molecular complexity index is 428. The van der Waals surface area contributed by atoms with Crippen LogP contribution in [0.1, 0.15) is 25.6 Å². The molecule has 0 saturated carbocycles. The molecule has 4 heteroatoms. The number of ether oxygens (including phenoxy) is 1. The highest BCUT2D eigenvalue weighted by atomic mass is 16.5. The van der Waals surface area contributed by atoms with Crippen molar-refractivity contribution >= 4 is 5.91 Å². The third-order valence-electron chi connectivity index (χ3n) is 3.44. The van der Waals surface area contributed by atoms with Gasteiger partial charge >= 0.3 is 0 Å². The number of nitrogens with zero attached hydrogens (tertiary/aromatic N) is 1. The summed E-state index contributed by atoms with van der Waals surface area (Å²) >= 11 is 0. The normalized spacial score (nSPS) is 23.8. The Morgan fingerprint density at radius 3 is 2.33 bits per heavy atom. The maximum atomic E-state index is 12.1. The summed E-state index contributed by atoms with van der Waals surface area (Å²) in [6.45, 7) is 4.11. The van der Waals surface area contributed by atoms with Gasteiger partial charge in [0.1, 0.15) is 11.9 Å². The molecule has 2 atom stereocenters. The van der Waals surface area contributed by atoms with Crippen LogP contribution >= 0.6 is 0 Å². The predicted octanol–water partition coefficient (Wildman–Crippen LogP) is 1.78. The van der Waals surface area contributed by atoms with Gasteiger partial charge in [-0.15, -0.1) is 0 Å². The van der Waals surface area contributed by atoms with Gasteiger partial charge in [-0.05, 0) is 23.6 Å². The minimum Gasteiger partial charge on any atom is -0.497 e. The Morgan fingerprint density at radius 1 is 1.28 bits per heavy atom. The SMILES string of the molecule is COc1ccc(C2NC(C(C)C)C(=O)N2C)cc1. The molecule has 1 saturated heterocycles. The summed E-state index contributed by atoms with van der Waals surface area (Å²) in [5, 5.41) is 3.38. The monoisotopic (exact) mass is 248 g/mol. The molecule has 2 unspecified atom stereocenters. The summed E-state index contributed by atoms with van der Waals surface area (Å²) < 4.78 is 5.14. The van der Waals surface area contributed by atoms with E-state index in [-0.39, 0.29) is 18.1 Å². The van der Waals surface area contributed by atoms with Crippen LogP contribution in [0.5, 0.6) is 5.75 Å². The van der Waals surface area contributed by atoms with Gasteiger partial charge < -0.3 is 9.64 Å². The molecule has 4 nitrogen and oxygen atoms in total. The number of methoxy groups -OCH3 is 1. The average Bonchev–Trinajstić information content (AvgIpc) is 2.67. The molecule has 1 aromatic rings. The molecular weight excluding hydrogens is 228 g/mol. The molecule has 1 aromatic carbocycles. The second-order valence-corrected chi connectivity index (χ2v) is 5.01. The fourth-order valence-corrected chi connectivity index (χ4v) is 2.28. The predicted molar refractivity (Wildman–Crippen MR) is 70.3 cm³/mol. The number of benzene rings is 1. The number of carbonyl (C=O) groups excluding carboxylic acids is 1. The first-order chi connectivity index (χ1) is 8.54. The lowest BCUT2D eigenvalue weighted by molar-refractivity contribution is -0.129. The number of amides is 1. The van der Waals surface area contributed by atoms with Crippen LogP contribution in [0.2, 0.25) is 0 Å². The van der Waals surface area contributed by atoms with Crippen molar-refractivity contribution in [2.24, 2.45) is 5.92 Å². The molecule has 18 heavy (non-hydrogen) atoms. The molecule has 0 bridgehead atoms. The Labute approximate surface area is 108 Å². The van der Waals surface area contributed by atoms with Gasteiger partial charge in [0.15, 0.2) is 0 Å². The number of rotatable bonds is 3. The van der Waals surface area contributed by atoms with E-state index in [1.807, 2.05) is 31.3 Å². The van der Waals surface area contributed by atoms with Crippen LogP contribution in [0.4, 0.5) is 0 Å². The Morgan fingerprint density at radius 2 is 1.89 bits per heavy atom. The van der Waals surface area contributed by atoms with E-state index in [4.69, 9.17) is 4.74 Å². The zero-order valence-electron chi connectivity index (χ0n) is 11.3. The first kappa shape index (κ1) is 12.9. The van der Waals surface area contributed by atoms with E-state index in [1.165, 1.54) is 0 Å². The van der Waals surface area contributed by atoms with Crippen LogP contribution in [-0.4, -0.2) is 31.0 Å². The fourth-order valence-electron chi connectivity index (χ4n) is 2.28. The number of likely N-dealkylation sites (N-methyl/N-ethyl adjacent to an activating group) is 1. The average molecular weight is 248 g/mol. The summed E-state index contributed by atoms with van der Waals surface area (Å²) in [7, 11) is 3.49. The molecule has 1 aliphatic heterocycles. The molecule has 1 N–H and O–H groups in total. The highest BCUT2D eigenvalue weighted by molar-refractivity contribution is 5.84. The van der Waals surface area contributed by atoms with Gasteiger partial charge in [-0.3, -0.25) is 10.1 Å². The van der Waals surface area contributed by atoms with Crippen LogP contribution in [0, 0.1) is 5.92 Å². The lowest BCUT2D eigenvalue weighted by Crippen LogP contribution is -2.33. The molecule has 0 aromatic heterocycles. The van der Waals surface area contributed by atoms with Gasteiger partial charge in [-0.25, -0.2) is 0 Å². The fraction of sp³-hybridized carbons (Fsp3) is 0.500. The van der Waals surface area contributed by atoms with Crippen LogP contribution in [0.3, 0.4) is 0 Å². The second-order valence-electron chi connectivity index (χ2n) is 5.01. The zero-order chi connectivity index (χ0) is 13.3. The standard InChI is InChI=1S/C14H20N2O2/c1-9(2)12-14(17)16(3)13(15-12)10-5-7-11(18-4)8-6-10/h5-9,12-13,15H,1-4H3. The molecular formula is C14H20N2O2. The number of hydrogen-bond donors (Lipinski definition) is 1. The number of hydrogen-bond acceptors (Lipinski definition) is 3. The molecule has 0 radical (unpaired) electrons. The Kier molecular flexibility index (Phi) is 3.57. The van der Waals surface area contributed by atoms with Gasteiger partial charge in [0, 0.05) is 7.05 Å². The minimum absolute atomic E-state index is 0.0455. The maximum absolute atomic E-state index is 12.1. The topological polar surface area (TPSA) is 41.6 Å². The Hall–Kier alpha value is -1.55. The highest BCUT2D eigenvalue weighted by Crippen LogP contribution is 2.27. The summed E-state index contributed by atoms with van der Waals surface area (Å²) in [5.41, 5.74) is 1.08. The molecule has 1 aliphatic rings. The van der Waals surface area contributed by atoms with E-state index in [1.54, 1.807) is 12.0 Å². The quantitative estimate of drug-likeness (QED) is 0.886. The van der Waals surface area contributed by atoms with Crippen molar-refractivity contribution in [3.63, 3.8) is 0 Å². The van der Waals surface area contributed by atoms with Gasteiger partial charge in [0.25, 0.3) is 0 Å². The first-order valence-electron chi connectivity index (χ1n) is 6.21. The van der Waals surface area contributed by atoms with E-state index in [0.29, 0.717) is 5.92 Å². The molecule has 1 amide bonds. The van der Waals surface area contributed by atoms with Crippen molar-refractivity contribution < 1.29 is 9.53 Å². The second kappa shape index (κ2) is 4.98. The molecule has 0 spiro atoms. The highest BCUT2D eigenvalue weighted by Gasteiger charge is 2.38. The molecule has 98 valence electrons. The molecule has 0 aliphatic carbocycles. The van der Waals surface area contributed by atoms with E-state index >= 15 is 0 Å². The number of nitrogens with one attached hydrogen (secondary N) is 1. The zero-order valence-corrected chi connectivity index (χ0v) is 11.3. The summed E-state index contributed by atoms with van der Waals surface area (Å²) in [6.07, 6.45) is -0.0455. The van der Waals surface area contributed by atoms with Gasteiger partial charge in [0.2, 0.25) is 5.91 Å². The van der Waals surface area contributed by atoms with Crippen LogP contribution < -0.4 is 10.1 Å². The van der Waals surface area contributed by atoms with Gasteiger partial charge in [-0.2, -0.15) is 0 Å². The van der Waals surface area contributed by atoms with Crippen molar-refractivity contribution in [3.05, 3.63) is 29.8 Å². The largest absolute Gasteiger partial charge is 0.497 e. The lowest BCUT2D eigenvalue weighted by atomic mass is 10.1. The molecule has 1 fully saturated rings. The summed E-state index contributed by atoms with van der Waals surface area (Å²) in [6, 6.07) is 7.71. The van der Waals surface area contributed by atoms with Crippen LogP contribution in [-0.2, 0) is 4.79 Å². The van der Waals surface area contributed by atoms with E-state index in [0.717, 1.165) is 11.3 Å². The first-order valence-corrected chi connectivity index (χ1v) is 6.21. The molecule has 1 heterocycles. The third-order valence-corrected chi connectivity index (χ3v) is 3.44. The van der Waals surface area contributed by atoms with E-state index in [9.17, 15) is 4.79 Å². The van der Waals surface area contributed by atoms with E-state index < -0.39 is 0 Å². The van der Waals surface area contributed by atoms with Crippen LogP contribution in [0.15, 0.2) is 24.3 Å².